The SMILES string of the molecule is COc1ccc(OC)c(N=c2oc3c(C)ncc(COC(C)=O)c3cc2C(=O)Nc2ccc(OC)cc2OC)c1. The molecular formula is C29H29N3O8. The van der Waals surface area contributed by atoms with Crippen molar-refractivity contribution in [2.24, 2.45) is 4.99 Å². The molecule has 0 unspecified atom stereocenters. The Balaban J connectivity index is 1.95. The summed E-state index contributed by atoms with van der Waals surface area (Å²) in [6.45, 7) is 3.02. The van der Waals surface area contributed by atoms with E-state index in [0.29, 0.717) is 56.6 Å². The highest BCUT2D eigenvalue weighted by molar-refractivity contribution is 6.06. The molecular weight excluding hydrogens is 518 g/mol. The number of amides is 1. The topological polar surface area (TPSA) is 131 Å². The Kier molecular flexibility index (Phi) is 8.53. The van der Waals surface area contributed by atoms with Crippen LogP contribution in [0.5, 0.6) is 23.0 Å². The second-order valence-corrected chi connectivity index (χ2v) is 8.53. The maximum absolute atomic E-state index is 13.8. The van der Waals surface area contributed by atoms with Crippen LogP contribution in [0, 0.1) is 6.92 Å². The number of hydrogen-bond donors (Lipinski definition) is 1. The molecule has 208 valence electrons. The predicted molar refractivity (Wildman–Crippen MR) is 146 cm³/mol. The van der Waals surface area contributed by atoms with E-state index in [1.165, 1.54) is 35.4 Å². The lowest BCUT2D eigenvalue weighted by atomic mass is 10.1. The molecule has 0 aliphatic heterocycles. The molecule has 11 nitrogen and oxygen atoms in total. The van der Waals surface area contributed by atoms with E-state index in [0.717, 1.165) is 0 Å². The second-order valence-electron chi connectivity index (χ2n) is 8.53. The normalized spacial score (nSPS) is 11.2. The number of carbonyl (C=O) groups is 2. The fraction of sp³-hybridized carbons (Fsp3) is 0.241. The minimum atomic E-state index is -0.525. The van der Waals surface area contributed by atoms with E-state index in [9.17, 15) is 9.59 Å². The van der Waals surface area contributed by atoms with Gasteiger partial charge in [-0.2, -0.15) is 0 Å². The second kappa shape index (κ2) is 12.2. The fourth-order valence-corrected chi connectivity index (χ4v) is 3.91. The van der Waals surface area contributed by atoms with E-state index in [4.69, 9.17) is 28.1 Å². The van der Waals surface area contributed by atoms with Gasteiger partial charge in [0.2, 0.25) is 5.55 Å². The number of benzene rings is 2. The van der Waals surface area contributed by atoms with Crippen molar-refractivity contribution in [3.05, 3.63) is 71.0 Å². The number of esters is 1. The van der Waals surface area contributed by atoms with E-state index < -0.39 is 11.9 Å². The fourth-order valence-electron chi connectivity index (χ4n) is 3.91. The Morgan fingerprint density at radius 1 is 0.925 bits per heavy atom. The lowest BCUT2D eigenvalue weighted by molar-refractivity contribution is -0.142. The van der Waals surface area contributed by atoms with Crippen LogP contribution < -0.4 is 29.8 Å². The third kappa shape index (κ3) is 5.98. The molecule has 2 aromatic heterocycles. The van der Waals surface area contributed by atoms with Gasteiger partial charge in [-0.05, 0) is 37.3 Å². The summed E-state index contributed by atoms with van der Waals surface area (Å²) in [5.41, 5.74) is 2.37. The lowest BCUT2D eigenvalue weighted by Crippen LogP contribution is -2.22. The zero-order valence-corrected chi connectivity index (χ0v) is 23.0. The van der Waals surface area contributed by atoms with Crippen molar-refractivity contribution < 1.29 is 37.7 Å². The lowest BCUT2D eigenvalue weighted by Gasteiger charge is -2.13. The minimum absolute atomic E-state index is 0.00133. The van der Waals surface area contributed by atoms with Gasteiger partial charge in [-0.25, -0.2) is 4.99 Å². The molecule has 0 bridgehead atoms. The van der Waals surface area contributed by atoms with Crippen molar-refractivity contribution >= 4 is 34.2 Å². The van der Waals surface area contributed by atoms with Crippen molar-refractivity contribution in [1.29, 1.82) is 0 Å². The summed E-state index contributed by atoms with van der Waals surface area (Å²) in [6.07, 6.45) is 1.58. The van der Waals surface area contributed by atoms with Crippen molar-refractivity contribution in [2.45, 2.75) is 20.5 Å². The average Bonchev–Trinajstić information content (AvgIpc) is 2.96. The molecule has 0 saturated heterocycles. The summed E-state index contributed by atoms with van der Waals surface area (Å²) in [5, 5.41) is 3.40. The molecule has 11 heteroatoms. The number of rotatable bonds is 9. The molecule has 2 heterocycles. The Bertz CT molecular complexity index is 1640. The number of fused-ring (bicyclic) bond motifs is 1. The van der Waals surface area contributed by atoms with Gasteiger partial charge in [0, 0.05) is 36.2 Å². The molecule has 0 radical (unpaired) electrons. The number of nitrogens with zero attached hydrogens (tertiary/aromatic N) is 2. The summed E-state index contributed by atoms with van der Waals surface area (Å²) in [7, 11) is 6.07. The first-order valence-electron chi connectivity index (χ1n) is 12.1. The van der Waals surface area contributed by atoms with E-state index >= 15 is 0 Å². The van der Waals surface area contributed by atoms with E-state index in [2.05, 4.69) is 15.3 Å². The van der Waals surface area contributed by atoms with Crippen LogP contribution in [-0.2, 0) is 16.1 Å². The third-order valence-electron chi connectivity index (χ3n) is 5.99. The molecule has 1 N–H and O–H groups in total. The number of ether oxygens (including phenoxy) is 5. The predicted octanol–water partition coefficient (Wildman–Crippen LogP) is 4.72. The Hall–Kier alpha value is -5.06. The molecule has 4 rings (SSSR count). The van der Waals surface area contributed by atoms with Crippen LogP contribution >= 0.6 is 0 Å². The highest BCUT2D eigenvalue weighted by Crippen LogP contribution is 2.32. The van der Waals surface area contributed by atoms with Crippen LogP contribution in [0.2, 0.25) is 0 Å². The molecule has 0 spiro atoms. The molecule has 0 saturated carbocycles. The van der Waals surface area contributed by atoms with Gasteiger partial charge in [0.1, 0.15) is 40.9 Å². The van der Waals surface area contributed by atoms with Crippen molar-refractivity contribution in [3.8, 4) is 23.0 Å². The van der Waals surface area contributed by atoms with Gasteiger partial charge in [0.15, 0.2) is 5.58 Å². The number of aromatic nitrogens is 1. The smallest absolute Gasteiger partial charge is 0.302 e. The number of pyridine rings is 1. The van der Waals surface area contributed by atoms with Gasteiger partial charge in [0.05, 0.1) is 39.8 Å². The number of methoxy groups -OCH3 is 4. The van der Waals surface area contributed by atoms with Crippen molar-refractivity contribution in [3.63, 3.8) is 0 Å². The van der Waals surface area contributed by atoms with Gasteiger partial charge < -0.3 is 33.4 Å². The maximum Gasteiger partial charge on any atom is 0.302 e. The highest BCUT2D eigenvalue weighted by Gasteiger charge is 2.19. The van der Waals surface area contributed by atoms with Gasteiger partial charge >= 0.3 is 5.97 Å². The van der Waals surface area contributed by atoms with Crippen LogP contribution in [0.1, 0.15) is 28.5 Å². The van der Waals surface area contributed by atoms with Crippen LogP contribution in [-0.4, -0.2) is 45.3 Å². The molecule has 0 aliphatic carbocycles. The molecule has 4 aromatic rings. The molecule has 0 atom stereocenters. The zero-order chi connectivity index (χ0) is 28.8. The zero-order valence-electron chi connectivity index (χ0n) is 23.0. The summed E-state index contributed by atoms with van der Waals surface area (Å²) in [5.74, 6) is 0.964. The quantitative estimate of drug-likeness (QED) is 0.296. The van der Waals surface area contributed by atoms with E-state index in [-0.39, 0.29) is 17.7 Å². The first-order valence-corrected chi connectivity index (χ1v) is 12.1. The highest BCUT2D eigenvalue weighted by atomic mass is 16.5. The summed E-state index contributed by atoms with van der Waals surface area (Å²) in [4.78, 5) is 34.3. The Morgan fingerprint density at radius 3 is 2.30 bits per heavy atom. The van der Waals surface area contributed by atoms with Crippen LogP contribution in [0.3, 0.4) is 0 Å². The number of hydrogen-bond acceptors (Lipinski definition) is 10. The van der Waals surface area contributed by atoms with E-state index in [1.807, 2.05) is 0 Å². The minimum Gasteiger partial charge on any atom is -0.497 e. The summed E-state index contributed by atoms with van der Waals surface area (Å²) in [6, 6.07) is 11.7. The van der Waals surface area contributed by atoms with Gasteiger partial charge in [-0.1, -0.05) is 0 Å². The Labute approximate surface area is 230 Å². The number of nitrogens with one attached hydrogen (secondary N) is 1. The first kappa shape index (κ1) is 28.0. The van der Waals surface area contributed by atoms with Crippen LogP contribution in [0.4, 0.5) is 11.4 Å². The number of anilines is 1. The van der Waals surface area contributed by atoms with Crippen LogP contribution in [0.25, 0.3) is 11.0 Å². The molecule has 0 fully saturated rings. The van der Waals surface area contributed by atoms with Crippen molar-refractivity contribution in [2.75, 3.05) is 33.8 Å². The summed E-state index contributed by atoms with van der Waals surface area (Å²) >= 11 is 0. The van der Waals surface area contributed by atoms with Gasteiger partial charge in [-0.3, -0.25) is 14.6 Å². The standard InChI is InChI=1S/C29H29N3O8/c1-16-27-21(18(14-30-16)15-39-17(2)33)13-22(28(34)31-23-9-7-20(36-4)12-26(23)38-6)29(40-27)32-24-11-19(35-3)8-10-25(24)37-5/h7-14H,15H2,1-6H3,(H,31,34). The van der Waals surface area contributed by atoms with Gasteiger partial charge in [-0.15, -0.1) is 0 Å². The third-order valence-corrected chi connectivity index (χ3v) is 5.99. The number of aryl methyl sites for hydroxylation is 1. The maximum atomic E-state index is 13.8. The van der Waals surface area contributed by atoms with Gasteiger partial charge in [0.25, 0.3) is 5.91 Å². The molecule has 40 heavy (non-hydrogen) atoms. The molecule has 1 amide bonds. The first-order chi connectivity index (χ1) is 19.3. The van der Waals surface area contributed by atoms with E-state index in [1.54, 1.807) is 55.6 Å². The number of carbonyl (C=O) groups excluding carboxylic acids is 2. The summed E-state index contributed by atoms with van der Waals surface area (Å²) < 4.78 is 32.9. The van der Waals surface area contributed by atoms with Crippen LogP contribution in [0.15, 0.2) is 58.1 Å². The largest absolute Gasteiger partial charge is 0.497 e. The monoisotopic (exact) mass is 547 g/mol. The Morgan fingerprint density at radius 2 is 1.62 bits per heavy atom. The molecule has 0 aliphatic rings. The molecule has 2 aromatic carbocycles. The van der Waals surface area contributed by atoms with Crippen molar-refractivity contribution in [1.82, 2.24) is 4.98 Å². The average molecular weight is 548 g/mol.